The quantitative estimate of drug-likeness (QED) is 0.247. The van der Waals surface area contributed by atoms with Crippen LogP contribution in [-0.2, 0) is 27.2 Å². The van der Waals surface area contributed by atoms with Crippen LogP contribution in [0.4, 0.5) is 0 Å². The van der Waals surface area contributed by atoms with Gasteiger partial charge in [-0.05, 0) is 68.1 Å². The van der Waals surface area contributed by atoms with E-state index in [0.29, 0.717) is 12.8 Å². The number of hydrogen-bond acceptors (Lipinski definition) is 6. The SMILES string of the molecule is CNC(C)(C)C/C=C/C(=O)N(C)[C@H](Cc1ccc2ccccc2c1)C(=O)N(C)[C@H](Cc1cccs1)C(=O)NC[C@@H](C)O. The van der Waals surface area contributed by atoms with Crippen molar-refractivity contribution < 1.29 is 19.5 Å². The van der Waals surface area contributed by atoms with Gasteiger partial charge in [0.2, 0.25) is 17.7 Å². The minimum absolute atomic E-state index is 0.0778. The van der Waals surface area contributed by atoms with Crippen LogP contribution >= 0.6 is 11.3 Å². The number of thiophene rings is 1. The summed E-state index contributed by atoms with van der Waals surface area (Å²) in [7, 11) is 5.12. The Morgan fingerprint density at radius 1 is 0.976 bits per heavy atom. The molecule has 0 saturated heterocycles. The van der Waals surface area contributed by atoms with Gasteiger partial charge in [0.1, 0.15) is 12.1 Å². The summed E-state index contributed by atoms with van der Waals surface area (Å²) in [5.41, 5.74) is 0.735. The number of carbonyl (C=O) groups is 3. The predicted octanol–water partition coefficient (Wildman–Crippen LogP) is 3.78. The molecule has 3 amide bonds. The lowest BCUT2D eigenvalue weighted by Crippen LogP contribution is -2.56. The molecular formula is C33H44N4O4S. The van der Waals surface area contributed by atoms with Crippen molar-refractivity contribution in [3.05, 3.63) is 82.6 Å². The number of nitrogens with one attached hydrogen (secondary N) is 2. The summed E-state index contributed by atoms with van der Waals surface area (Å²) < 4.78 is 0. The molecule has 0 unspecified atom stereocenters. The Kier molecular flexibility index (Phi) is 11.8. The Hall–Kier alpha value is -3.53. The fraction of sp³-hybridized carbons (Fsp3) is 0.424. The number of aliphatic hydroxyl groups excluding tert-OH is 1. The smallest absolute Gasteiger partial charge is 0.246 e. The number of carbonyl (C=O) groups excluding carboxylic acids is 3. The number of benzene rings is 2. The Morgan fingerprint density at radius 2 is 1.69 bits per heavy atom. The van der Waals surface area contributed by atoms with E-state index in [1.54, 1.807) is 21.0 Å². The van der Waals surface area contributed by atoms with E-state index in [9.17, 15) is 19.5 Å². The molecule has 3 rings (SSSR count). The molecule has 0 aliphatic rings. The van der Waals surface area contributed by atoms with E-state index in [-0.39, 0.29) is 36.2 Å². The first-order chi connectivity index (χ1) is 19.9. The summed E-state index contributed by atoms with van der Waals surface area (Å²) in [6.45, 7) is 5.76. The second-order valence-electron chi connectivity index (χ2n) is 11.4. The highest BCUT2D eigenvalue weighted by atomic mass is 32.1. The number of likely N-dealkylation sites (N-methyl/N-ethyl adjacent to an activating group) is 2. The van der Waals surface area contributed by atoms with Crippen LogP contribution in [0.1, 0.15) is 37.6 Å². The van der Waals surface area contributed by atoms with Crippen LogP contribution in [0, 0.1) is 0 Å². The number of nitrogens with zero attached hydrogens (tertiary/aromatic N) is 2. The Labute approximate surface area is 253 Å². The molecule has 3 N–H and O–H groups in total. The normalized spacial score (nSPS) is 14.0. The maximum Gasteiger partial charge on any atom is 0.246 e. The third-order valence-electron chi connectivity index (χ3n) is 7.57. The van der Waals surface area contributed by atoms with Crippen LogP contribution in [0.25, 0.3) is 10.8 Å². The van der Waals surface area contributed by atoms with Crippen molar-refractivity contribution in [2.75, 3.05) is 27.7 Å². The van der Waals surface area contributed by atoms with Crippen LogP contribution in [0.3, 0.4) is 0 Å². The molecule has 42 heavy (non-hydrogen) atoms. The molecule has 0 fully saturated rings. The fourth-order valence-electron chi connectivity index (χ4n) is 4.59. The number of aliphatic hydroxyl groups is 1. The van der Waals surface area contributed by atoms with Crippen molar-refractivity contribution in [3.8, 4) is 0 Å². The highest BCUT2D eigenvalue weighted by molar-refractivity contribution is 7.09. The average Bonchev–Trinajstić information content (AvgIpc) is 3.49. The van der Waals surface area contributed by atoms with Crippen molar-refractivity contribution in [3.63, 3.8) is 0 Å². The zero-order valence-electron chi connectivity index (χ0n) is 25.5. The van der Waals surface area contributed by atoms with Gasteiger partial charge >= 0.3 is 0 Å². The molecule has 2 aromatic carbocycles. The summed E-state index contributed by atoms with van der Waals surface area (Å²) in [6, 6.07) is 16.2. The highest BCUT2D eigenvalue weighted by Gasteiger charge is 2.35. The largest absolute Gasteiger partial charge is 0.392 e. The van der Waals surface area contributed by atoms with Crippen molar-refractivity contribution >= 4 is 39.8 Å². The minimum atomic E-state index is -0.846. The molecule has 0 radical (unpaired) electrons. The van der Waals surface area contributed by atoms with E-state index in [4.69, 9.17) is 0 Å². The van der Waals surface area contributed by atoms with Crippen LogP contribution in [0.5, 0.6) is 0 Å². The molecule has 0 saturated carbocycles. The molecular weight excluding hydrogens is 548 g/mol. The van der Waals surface area contributed by atoms with Crippen molar-refractivity contribution in [1.29, 1.82) is 0 Å². The third kappa shape index (κ3) is 9.24. The van der Waals surface area contributed by atoms with Gasteiger partial charge in [0.15, 0.2) is 0 Å². The average molecular weight is 593 g/mol. The lowest BCUT2D eigenvalue weighted by Gasteiger charge is -2.34. The lowest BCUT2D eigenvalue weighted by atomic mass is 9.98. The second-order valence-corrected chi connectivity index (χ2v) is 12.5. The van der Waals surface area contributed by atoms with Gasteiger partial charge in [0, 0.05) is 43.9 Å². The highest BCUT2D eigenvalue weighted by Crippen LogP contribution is 2.21. The summed E-state index contributed by atoms with van der Waals surface area (Å²) in [6.07, 6.45) is 3.86. The van der Waals surface area contributed by atoms with Crippen LogP contribution in [0.2, 0.25) is 0 Å². The van der Waals surface area contributed by atoms with Gasteiger partial charge in [-0.15, -0.1) is 11.3 Å². The van der Waals surface area contributed by atoms with Gasteiger partial charge in [0.05, 0.1) is 6.10 Å². The molecule has 0 spiro atoms. The molecule has 3 atom stereocenters. The maximum atomic E-state index is 14.2. The van der Waals surface area contributed by atoms with Crippen molar-refractivity contribution in [1.82, 2.24) is 20.4 Å². The zero-order valence-corrected chi connectivity index (χ0v) is 26.3. The summed E-state index contributed by atoms with van der Waals surface area (Å²) in [5.74, 6) is -0.979. The molecule has 9 heteroatoms. The predicted molar refractivity (Wildman–Crippen MR) is 170 cm³/mol. The number of rotatable bonds is 14. The van der Waals surface area contributed by atoms with Crippen LogP contribution in [-0.4, -0.2) is 84.0 Å². The number of fused-ring (bicyclic) bond motifs is 1. The standard InChI is InChI=1S/C33H44N4O4S/c1-23(38)22-35-31(40)28(21-27-13-10-18-42-27)37(6)32(41)29(36(5)30(39)14-9-17-33(2,3)34-4)20-24-15-16-25-11-7-8-12-26(25)19-24/h7-16,18-19,23,28-29,34,38H,17,20-22H2,1-6H3,(H,35,40)/b14-9+/t23-,28-,29-/m1/s1. The number of amides is 3. The van der Waals surface area contributed by atoms with Crippen LogP contribution in [0.15, 0.2) is 72.1 Å². The molecule has 3 aromatic rings. The molecule has 0 bridgehead atoms. The van der Waals surface area contributed by atoms with Gasteiger partial charge in [-0.3, -0.25) is 14.4 Å². The Balaban J connectivity index is 1.93. The minimum Gasteiger partial charge on any atom is -0.392 e. The fourth-order valence-corrected chi connectivity index (χ4v) is 5.33. The van der Waals surface area contributed by atoms with Gasteiger partial charge in [0.25, 0.3) is 0 Å². The van der Waals surface area contributed by atoms with Gasteiger partial charge in [-0.2, -0.15) is 0 Å². The molecule has 1 heterocycles. The van der Waals surface area contributed by atoms with Crippen LogP contribution < -0.4 is 10.6 Å². The third-order valence-corrected chi connectivity index (χ3v) is 8.47. The van der Waals surface area contributed by atoms with Crippen molar-refractivity contribution in [2.45, 2.75) is 63.8 Å². The first-order valence-electron chi connectivity index (χ1n) is 14.3. The molecule has 0 aliphatic heterocycles. The first kappa shape index (κ1) is 33.0. The Bertz CT molecular complexity index is 1370. The molecule has 0 aliphatic carbocycles. The molecule has 1 aromatic heterocycles. The van der Waals surface area contributed by atoms with E-state index < -0.39 is 18.2 Å². The maximum absolute atomic E-state index is 14.2. The van der Waals surface area contributed by atoms with E-state index in [0.717, 1.165) is 21.2 Å². The van der Waals surface area contributed by atoms with Crippen molar-refractivity contribution in [2.24, 2.45) is 0 Å². The summed E-state index contributed by atoms with van der Waals surface area (Å²) in [5, 5.41) is 19.8. The van der Waals surface area contributed by atoms with Gasteiger partial charge in [-0.1, -0.05) is 54.6 Å². The molecule has 8 nitrogen and oxygen atoms in total. The summed E-state index contributed by atoms with van der Waals surface area (Å²) >= 11 is 1.51. The van der Waals surface area contributed by atoms with Gasteiger partial charge < -0.3 is 25.5 Å². The number of hydrogen-bond donors (Lipinski definition) is 3. The van der Waals surface area contributed by atoms with Gasteiger partial charge in [-0.25, -0.2) is 0 Å². The van der Waals surface area contributed by atoms with E-state index in [2.05, 4.69) is 10.6 Å². The topological polar surface area (TPSA) is 102 Å². The second kappa shape index (κ2) is 15.1. The van der Waals surface area contributed by atoms with E-state index in [1.807, 2.05) is 86.9 Å². The first-order valence-corrected chi connectivity index (χ1v) is 15.1. The Morgan fingerprint density at radius 3 is 2.33 bits per heavy atom. The van der Waals surface area contributed by atoms with E-state index >= 15 is 0 Å². The molecule has 226 valence electrons. The van der Waals surface area contributed by atoms with E-state index in [1.165, 1.54) is 27.2 Å². The monoisotopic (exact) mass is 592 g/mol. The zero-order chi connectivity index (χ0) is 30.9. The lowest BCUT2D eigenvalue weighted by molar-refractivity contribution is -0.146. The summed E-state index contributed by atoms with van der Waals surface area (Å²) in [4.78, 5) is 44.8.